The van der Waals surface area contributed by atoms with Crippen molar-refractivity contribution in [3.8, 4) is 0 Å². The maximum atomic E-state index is 12.6. The number of anilines is 1. The Balaban J connectivity index is 1.60. The van der Waals surface area contributed by atoms with E-state index in [2.05, 4.69) is 49.1 Å². The lowest BCUT2D eigenvalue weighted by Crippen LogP contribution is -2.54. The number of rotatable bonds is 4. The summed E-state index contributed by atoms with van der Waals surface area (Å²) in [6, 6.07) is 10.5. The van der Waals surface area contributed by atoms with Crippen molar-refractivity contribution in [1.29, 1.82) is 0 Å². The van der Waals surface area contributed by atoms with E-state index in [0.29, 0.717) is 6.42 Å². The van der Waals surface area contributed by atoms with Gasteiger partial charge >= 0.3 is 0 Å². The molecule has 1 amide bonds. The Hall–Kier alpha value is -1.95. The van der Waals surface area contributed by atoms with Gasteiger partial charge in [-0.15, -0.1) is 0 Å². The summed E-state index contributed by atoms with van der Waals surface area (Å²) >= 11 is 1.46. The van der Waals surface area contributed by atoms with Crippen LogP contribution in [0.5, 0.6) is 0 Å². The van der Waals surface area contributed by atoms with Crippen molar-refractivity contribution in [2.24, 2.45) is 5.41 Å². The molecule has 140 valence electrons. The number of carbonyl (C=O) groups is 1. The number of hydrogen-bond donors (Lipinski definition) is 0. The fraction of sp³-hybridized carbons (Fsp3) is 0.550. The number of nitrogens with zero attached hydrogens (tertiary/aromatic N) is 4. The number of aromatic nitrogens is 2. The lowest BCUT2D eigenvalue weighted by Gasteiger charge is -2.40. The Morgan fingerprint density at radius 2 is 1.96 bits per heavy atom. The topological polar surface area (TPSA) is 49.3 Å². The van der Waals surface area contributed by atoms with Crippen LogP contribution in [0, 0.1) is 5.41 Å². The molecule has 5 nitrogen and oxygen atoms in total. The van der Waals surface area contributed by atoms with E-state index in [0.717, 1.165) is 37.0 Å². The van der Waals surface area contributed by atoms with Crippen molar-refractivity contribution in [3.05, 3.63) is 41.7 Å². The van der Waals surface area contributed by atoms with Gasteiger partial charge < -0.3 is 9.80 Å². The largest absolute Gasteiger partial charge is 0.343 e. The van der Waals surface area contributed by atoms with Crippen LogP contribution in [0.2, 0.25) is 0 Å². The molecule has 0 spiro atoms. The van der Waals surface area contributed by atoms with Gasteiger partial charge in [0.05, 0.1) is 0 Å². The summed E-state index contributed by atoms with van der Waals surface area (Å²) in [6.07, 6.45) is 1.36. The van der Waals surface area contributed by atoms with Gasteiger partial charge in [0.15, 0.2) is 0 Å². The predicted molar refractivity (Wildman–Crippen MR) is 107 cm³/mol. The second-order valence-corrected chi connectivity index (χ2v) is 9.01. The minimum atomic E-state index is 0.0273. The molecule has 2 aromatic rings. The number of carbonyl (C=O) groups excluding carboxylic acids is 1. The van der Waals surface area contributed by atoms with Gasteiger partial charge in [-0.05, 0) is 17.9 Å². The minimum Gasteiger partial charge on any atom is -0.343 e. The monoisotopic (exact) mass is 372 g/mol. The summed E-state index contributed by atoms with van der Waals surface area (Å²) in [5.41, 5.74) is 1.25. The van der Waals surface area contributed by atoms with Crippen LogP contribution in [0.25, 0.3) is 0 Å². The molecular weight excluding hydrogens is 344 g/mol. The summed E-state index contributed by atoms with van der Waals surface area (Å²) in [5.74, 6) is 1.13. The van der Waals surface area contributed by atoms with Crippen LogP contribution in [0.15, 0.2) is 30.3 Å². The molecule has 0 radical (unpaired) electrons. The van der Waals surface area contributed by atoms with E-state index in [-0.39, 0.29) is 17.4 Å². The zero-order chi connectivity index (χ0) is 18.7. The van der Waals surface area contributed by atoms with Crippen LogP contribution >= 0.6 is 11.5 Å². The summed E-state index contributed by atoms with van der Waals surface area (Å²) < 4.78 is 4.52. The first-order valence-corrected chi connectivity index (χ1v) is 10.00. The van der Waals surface area contributed by atoms with E-state index >= 15 is 0 Å². The second kappa shape index (κ2) is 7.74. The number of benzene rings is 1. The third-order valence-electron chi connectivity index (χ3n) is 4.56. The molecule has 1 aliphatic heterocycles. The highest BCUT2D eigenvalue weighted by atomic mass is 32.1. The third kappa shape index (κ3) is 4.81. The summed E-state index contributed by atoms with van der Waals surface area (Å²) in [4.78, 5) is 21.6. The van der Waals surface area contributed by atoms with Gasteiger partial charge in [-0.25, -0.2) is 4.98 Å². The van der Waals surface area contributed by atoms with Crippen molar-refractivity contribution < 1.29 is 4.79 Å². The molecule has 1 atom stereocenters. The molecule has 1 fully saturated rings. The molecule has 0 bridgehead atoms. The number of amides is 1. The van der Waals surface area contributed by atoms with Gasteiger partial charge in [-0.3, -0.25) is 4.79 Å². The Morgan fingerprint density at radius 3 is 2.62 bits per heavy atom. The molecule has 26 heavy (non-hydrogen) atoms. The van der Waals surface area contributed by atoms with E-state index in [9.17, 15) is 4.79 Å². The average Bonchev–Trinajstić information content (AvgIpc) is 3.02. The molecule has 3 rings (SSSR count). The van der Waals surface area contributed by atoms with E-state index in [4.69, 9.17) is 4.98 Å². The molecule has 1 saturated heterocycles. The van der Waals surface area contributed by atoms with Crippen molar-refractivity contribution in [2.75, 3.05) is 24.5 Å². The Morgan fingerprint density at radius 1 is 1.23 bits per heavy atom. The van der Waals surface area contributed by atoms with E-state index in [1.807, 2.05) is 23.1 Å². The first-order valence-electron chi connectivity index (χ1n) is 9.23. The van der Waals surface area contributed by atoms with Gasteiger partial charge in [0.25, 0.3) is 0 Å². The molecule has 0 aliphatic carbocycles. The van der Waals surface area contributed by atoms with Crippen molar-refractivity contribution in [2.45, 2.75) is 46.6 Å². The predicted octanol–water partition coefficient (Wildman–Crippen LogP) is 3.60. The van der Waals surface area contributed by atoms with Gasteiger partial charge in [-0.1, -0.05) is 51.1 Å². The third-order valence-corrected chi connectivity index (χ3v) is 5.38. The molecule has 2 heterocycles. The second-order valence-electron chi connectivity index (χ2n) is 8.28. The molecular formula is C20H28N4OS. The molecule has 1 aliphatic rings. The number of piperazine rings is 1. The Bertz CT molecular complexity index is 738. The smallest absolute Gasteiger partial charge is 0.223 e. The SMILES string of the molecule is C[C@H]1CN(c2nc(Cc3ccccc3)ns2)CCN1C(=O)CC(C)(C)C. The minimum absolute atomic E-state index is 0.0273. The van der Waals surface area contributed by atoms with Gasteiger partial charge in [0, 0.05) is 50.1 Å². The number of hydrogen-bond acceptors (Lipinski definition) is 5. The molecule has 6 heteroatoms. The normalized spacial score (nSPS) is 18.2. The molecule has 1 aromatic carbocycles. The van der Waals surface area contributed by atoms with Crippen molar-refractivity contribution >= 4 is 22.6 Å². The molecule has 0 unspecified atom stereocenters. The van der Waals surface area contributed by atoms with Crippen molar-refractivity contribution in [1.82, 2.24) is 14.3 Å². The van der Waals surface area contributed by atoms with E-state index in [1.165, 1.54) is 17.1 Å². The van der Waals surface area contributed by atoms with E-state index < -0.39 is 0 Å². The summed E-state index contributed by atoms with van der Waals surface area (Å²) in [7, 11) is 0. The fourth-order valence-electron chi connectivity index (χ4n) is 3.28. The molecule has 0 N–H and O–H groups in total. The average molecular weight is 373 g/mol. The first-order chi connectivity index (χ1) is 12.3. The van der Waals surface area contributed by atoms with Crippen LogP contribution in [-0.2, 0) is 11.2 Å². The zero-order valence-electron chi connectivity index (χ0n) is 16.1. The van der Waals surface area contributed by atoms with Gasteiger partial charge in [-0.2, -0.15) is 4.37 Å². The maximum absolute atomic E-state index is 12.6. The van der Waals surface area contributed by atoms with Crippen LogP contribution in [0.4, 0.5) is 5.13 Å². The van der Waals surface area contributed by atoms with E-state index in [1.54, 1.807) is 0 Å². The highest BCUT2D eigenvalue weighted by Gasteiger charge is 2.30. The van der Waals surface area contributed by atoms with Crippen LogP contribution in [0.1, 0.15) is 45.5 Å². The van der Waals surface area contributed by atoms with Crippen LogP contribution < -0.4 is 4.90 Å². The zero-order valence-corrected chi connectivity index (χ0v) is 16.9. The van der Waals surface area contributed by atoms with Gasteiger partial charge in [0.2, 0.25) is 11.0 Å². The standard InChI is InChI=1S/C20H28N4OS/c1-15-14-23(10-11-24(15)18(25)13-20(2,3)4)19-21-17(22-26-19)12-16-8-6-5-7-9-16/h5-9,15H,10-14H2,1-4H3/t15-/m0/s1. The Labute approximate surface area is 160 Å². The van der Waals surface area contributed by atoms with Crippen LogP contribution in [-0.4, -0.2) is 45.8 Å². The van der Waals surface area contributed by atoms with Gasteiger partial charge in [0.1, 0.15) is 5.82 Å². The lowest BCUT2D eigenvalue weighted by atomic mass is 9.91. The Kier molecular flexibility index (Phi) is 5.61. The molecule has 0 saturated carbocycles. The lowest BCUT2D eigenvalue weighted by molar-refractivity contribution is -0.135. The molecule has 1 aromatic heterocycles. The summed E-state index contributed by atoms with van der Waals surface area (Å²) in [5, 5.41) is 0.964. The summed E-state index contributed by atoms with van der Waals surface area (Å²) in [6.45, 7) is 10.8. The van der Waals surface area contributed by atoms with Crippen LogP contribution in [0.3, 0.4) is 0 Å². The highest BCUT2D eigenvalue weighted by Crippen LogP contribution is 2.25. The highest BCUT2D eigenvalue weighted by molar-refractivity contribution is 7.09. The quantitative estimate of drug-likeness (QED) is 0.823. The fourth-order valence-corrected chi connectivity index (χ4v) is 4.00. The first kappa shape index (κ1) is 18.8. The van der Waals surface area contributed by atoms with Crippen molar-refractivity contribution in [3.63, 3.8) is 0 Å². The maximum Gasteiger partial charge on any atom is 0.223 e.